The molecule has 2 heterocycles. The standard InChI is InChI=1S/C38H56N4O16/c1-49-18-5-16-39-17-23-50-33-15-10-28(24-32(33)39)27-53-34-25-40(37(43)51-19-6-21-54-41(45)46)26-35(58-38(44)52-20-7-22-55-42(47)48)36(34)57-31-13-11-30(12-14-31)56-29-8-3-2-4-9-29/h2-4,8-10,15,24,30-31,34-36,45-48H,5-7,11-14,16-23,25-27H2,1H3. The number of rotatable bonds is 22. The molecule has 2 aromatic rings. The van der Waals surface area contributed by atoms with Gasteiger partial charge in [-0.15, -0.1) is 0 Å². The van der Waals surface area contributed by atoms with E-state index in [0.29, 0.717) is 26.1 Å². The molecule has 1 aliphatic carbocycles. The van der Waals surface area contributed by atoms with E-state index in [1.807, 2.05) is 48.5 Å². The number of nitrogens with zero attached hydrogens (tertiary/aromatic N) is 4. The molecular weight excluding hydrogens is 768 g/mol. The van der Waals surface area contributed by atoms with Gasteiger partial charge in [0.15, 0.2) is 6.10 Å². The van der Waals surface area contributed by atoms with Crippen molar-refractivity contribution >= 4 is 17.9 Å². The second-order valence-electron chi connectivity index (χ2n) is 13.9. The molecule has 3 unspecified atom stereocenters. The lowest BCUT2D eigenvalue weighted by Gasteiger charge is -2.43. The van der Waals surface area contributed by atoms with Crippen molar-refractivity contribution in [1.82, 2.24) is 15.7 Å². The zero-order valence-electron chi connectivity index (χ0n) is 32.7. The highest BCUT2D eigenvalue weighted by Gasteiger charge is 2.45. The molecule has 1 saturated carbocycles. The molecule has 0 radical (unpaired) electrons. The summed E-state index contributed by atoms with van der Waals surface area (Å²) in [6.07, 6.45) is -0.715. The molecule has 20 nitrogen and oxygen atoms in total. The van der Waals surface area contributed by atoms with Crippen LogP contribution >= 0.6 is 0 Å². The fourth-order valence-corrected chi connectivity index (χ4v) is 6.95. The van der Waals surface area contributed by atoms with Gasteiger partial charge in [-0.1, -0.05) is 24.3 Å². The number of piperidine rings is 1. The molecule has 3 aliphatic rings. The van der Waals surface area contributed by atoms with Crippen LogP contribution in [-0.2, 0) is 44.7 Å². The largest absolute Gasteiger partial charge is 0.508 e. The Hall–Kier alpha value is -4.06. The summed E-state index contributed by atoms with van der Waals surface area (Å²) in [5, 5.41) is 34.2. The topological polar surface area (TPSA) is 220 Å². The van der Waals surface area contributed by atoms with Crippen molar-refractivity contribution in [3.63, 3.8) is 0 Å². The number of methoxy groups -OCH3 is 1. The van der Waals surface area contributed by atoms with Crippen LogP contribution in [0.4, 0.5) is 15.3 Å². The first-order valence-electron chi connectivity index (χ1n) is 19.5. The van der Waals surface area contributed by atoms with Crippen LogP contribution in [0.2, 0.25) is 0 Å². The number of fused-ring (bicyclic) bond motifs is 1. The molecule has 20 heteroatoms. The van der Waals surface area contributed by atoms with Gasteiger partial charge in [-0.3, -0.25) is 30.5 Å². The molecule has 324 valence electrons. The van der Waals surface area contributed by atoms with Gasteiger partial charge in [0.05, 0.1) is 81.3 Å². The summed E-state index contributed by atoms with van der Waals surface area (Å²) in [5.41, 5.74) is 1.79. The van der Waals surface area contributed by atoms with Crippen LogP contribution in [0.5, 0.6) is 11.5 Å². The second kappa shape index (κ2) is 24.1. The van der Waals surface area contributed by atoms with Gasteiger partial charge in [-0.2, -0.15) is 0 Å². The van der Waals surface area contributed by atoms with E-state index in [2.05, 4.69) is 14.6 Å². The normalized spacial score (nSPS) is 22.0. The van der Waals surface area contributed by atoms with Gasteiger partial charge in [-0.25, -0.2) is 9.59 Å². The average Bonchev–Trinajstić information content (AvgIpc) is 3.21. The summed E-state index contributed by atoms with van der Waals surface area (Å²) in [7, 11) is 1.68. The van der Waals surface area contributed by atoms with Gasteiger partial charge in [0.25, 0.3) is 0 Å². The molecule has 58 heavy (non-hydrogen) atoms. The molecule has 1 saturated heterocycles. The maximum absolute atomic E-state index is 13.4. The number of anilines is 1. The van der Waals surface area contributed by atoms with Crippen molar-refractivity contribution in [2.24, 2.45) is 0 Å². The van der Waals surface area contributed by atoms with Gasteiger partial charge >= 0.3 is 12.2 Å². The summed E-state index contributed by atoms with van der Waals surface area (Å²) in [6.45, 7) is 2.23. The van der Waals surface area contributed by atoms with E-state index in [-0.39, 0.29) is 71.2 Å². The number of amides is 1. The van der Waals surface area contributed by atoms with Gasteiger partial charge in [0.1, 0.15) is 30.3 Å². The Morgan fingerprint density at radius 1 is 0.810 bits per heavy atom. The SMILES string of the molecule is COCCCN1CCOc2ccc(COC3CN(C(=O)OCCCON(O)O)CC(OC(=O)OCCCON(O)O)C3OC3CCC(Oc4ccccc4)CC3)cc21. The summed E-state index contributed by atoms with van der Waals surface area (Å²) in [5.74, 6) is 1.57. The summed E-state index contributed by atoms with van der Waals surface area (Å²) >= 11 is 0. The Morgan fingerprint density at radius 3 is 2.21 bits per heavy atom. The fraction of sp³-hybridized carbons (Fsp3) is 0.632. The van der Waals surface area contributed by atoms with Crippen LogP contribution in [0.1, 0.15) is 50.5 Å². The number of likely N-dealkylation sites (tertiary alicyclic amines) is 1. The number of hydrogen-bond acceptors (Lipinski definition) is 19. The van der Waals surface area contributed by atoms with E-state index in [1.54, 1.807) is 7.11 Å². The number of hydrogen-bond donors (Lipinski definition) is 4. The molecule has 5 rings (SSSR count). The Balaban J connectivity index is 1.31. The monoisotopic (exact) mass is 824 g/mol. The third-order valence-electron chi connectivity index (χ3n) is 9.72. The Morgan fingerprint density at radius 2 is 1.50 bits per heavy atom. The highest BCUT2D eigenvalue weighted by molar-refractivity contribution is 5.68. The quantitative estimate of drug-likeness (QED) is 0.0736. The second-order valence-corrected chi connectivity index (χ2v) is 13.9. The van der Waals surface area contributed by atoms with Crippen LogP contribution in [0.3, 0.4) is 0 Å². The van der Waals surface area contributed by atoms with Crippen LogP contribution in [0.15, 0.2) is 48.5 Å². The van der Waals surface area contributed by atoms with E-state index in [9.17, 15) is 9.59 Å². The molecule has 2 aromatic carbocycles. The minimum absolute atomic E-state index is 0.00551. The van der Waals surface area contributed by atoms with Crippen LogP contribution in [0, 0.1) is 0 Å². The van der Waals surface area contributed by atoms with Gasteiger partial charge in [-0.05, 0) is 61.9 Å². The molecule has 4 N–H and O–H groups in total. The van der Waals surface area contributed by atoms with Gasteiger partial charge < -0.3 is 47.7 Å². The third kappa shape index (κ3) is 15.0. The summed E-state index contributed by atoms with van der Waals surface area (Å²) in [4.78, 5) is 39.1. The van der Waals surface area contributed by atoms with Crippen LogP contribution < -0.4 is 14.4 Å². The lowest BCUT2D eigenvalue weighted by Crippen LogP contribution is -2.60. The van der Waals surface area contributed by atoms with E-state index >= 15 is 0 Å². The van der Waals surface area contributed by atoms with E-state index in [1.165, 1.54) is 4.90 Å². The third-order valence-corrected chi connectivity index (χ3v) is 9.72. The van der Waals surface area contributed by atoms with E-state index in [4.69, 9.17) is 58.7 Å². The highest BCUT2D eigenvalue weighted by atomic mass is 17.1. The Bertz CT molecular complexity index is 1500. The van der Waals surface area contributed by atoms with Crippen molar-refractivity contribution in [1.29, 1.82) is 0 Å². The van der Waals surface area contributed by atoms with Crippen molar-refractivity contribution in [3.05, 3.63) is 54.1 Å². The Labute approximate surface area is 336 Å². The number of benzene rings is 2. The molecule has 1 amide bonds. The number of carbonyl (C=O) groups excluding carboxylic acids is 2. The Kier molecular flexibility index (Phi) is 18.7. The predicted octanol–water partition coefficient (Wildman–Crippen LogP) is 4.36. The number of para-hydroxylation sites is 1. The molecular formula is C38H56N4O16. The first-order valence-corrected chi connectivity index (χ1v) is 19.5. The van der Waals surface area contributed by atoms with Crippen molar-refractivity contribution in [3.8, 4) is 11.5 Å². The molecule has 2 fully saturated rings. The summed E-state index contributed by atoms with van der Waals surface area (Å²) < 4.78 is 47.3. The van der Waals surface area contributed by atoms with Crippen LogP contribution in [-0.4, -0.2) is 152 Å². The lowest BCUT2D eigenvalue weighted by atomic mass is 9.93. The number of ether oxygens (including phenoxy) is 8. The first-order chi connectivity index (χ1) is 28.2. The maximum atomic E-state index is 13.4. The molecule has 0 spiro atoms. The zero-order chi connectivity index (χ0) is 41.1. The maximum Gasteiger partial charge on any atom is 0.508 e. The first kappa shape index (κ1) is 45.0. The predicted molar refractivity (Wildman–Crippen MR) is 198 cm³/mol. The van der Waals surface area contributed by atoms with E-state index < -0.39 is 41.3 Å². The number of carbonyl (C=O) groups is 2. The minimum atomic E-state index is -1.05. The van der Waals surface area contributed by atoms with Crippen LogP contribution in [0.25, 0.3) is 0 Å². The summed E-state index contributed by atoms with van der Waals surface area (Å²) in [6, 6.07) is 15.5. The smallest absolute Gasteiger partial charge is 0.490 e. The lowest BCUT2D eigenvalue weighted by molar-refractivity contribution is -0.493. The van der Waals surface area contributed by atoms with Gasteiger partial charge in [0.2, 0.25) is 0 Å². The van der Waals surface area contributed by atoms with Crippen molar-refractivity contribution < 1.29 is 78.0 Å². The zero-order valence-corrected chi connectivity index (χ0v) is 32.7. The van der Waals surface area contributed by atoms with Crippen molar-refractivity contribution in [2.45, 2.75) is 82.1 Å². The van der Waals surface area contributed by atoms with Crippen molar-refractivity contribution in [2.75, 3.05) is 77.8 Å². The molecule has 3 atom stereocenters. The van der Waals surface area contributed by atoms with Gasteiger partial charge in [0, 0.05) is 33.1 Å². The highest BCUT2D eigenvalue weighted by Crippen LogP contribution is 2.34. The minimum Gasteiger partial charge on any atom is -0.490 e. The molecule has 0 aromatic heterocycles. The average molecular weight is 825 g/mol. The molecule has 2 aliphatic heterocycles. The van der Waals surface area contributed by atoms with E-state index in [0.717, 1.165) is 55.1 Å². The molecule has 0 bridgehead atoms. The fourth-order valence-electron chi connectivity index (χ4n) is 6.95.